The highest BCUT2D eigenvalue weighted by molar-refractivity contribution is 5.95. The molecule has 1 aliphatic heterocycles. The minimum Gasteiger partial charge on any atom is -0.394 e. The van der Waals surface area contributed by atoms with Gasteiger partial charge in [-0.25, -0.2) is 9.18 Å². The fourth-order valence-corrected chi connectivity index (χ4v) is 3.24. The molecule has 2 aromatic rings. The molecule has 4 rings (SSSR count). The summed E-state index contributed by atoms with van der Waals surface area (Å²) in [4.78, 5) is 24.1. The van der Waals surface area contributed by atoms with Gasteiger partial charge in [-0.2, -0.15) is 13.2 Å². The van der Waals surface area contributed by atoms with E-state index in [0.717, 1.165) is 10.6 Å². The van der Waals surface area contributed by atoms with E-state index in [1.54, 1.807) is 0 Å². The second kappa shape index (κ2) is 6.79. The molecule has 1 saturated carbocycles. The number of rotatable bonds is 2. The van der Waals surface area contributed by atoms with E-state index in [9.17, 15) is 27.2 Å². The van der Waals surface area contributed by atoms with Crippen LogP contribution in [0.4, 0.5) is 33.7 Å². The molecule has 6 nitrogen and oxygen atoms in total. The first-order valence-electron chi connectivity index (χ1n) is 9.07. The summed E-state index contributed by atoms with van der Waals surface area (Å²) in [5.41, 5.74) is 1.05. The van der Waals surface area contributed by atoms with Crippen molar-refractivity contribution in [3.8, 4) is 11.8 Å². The first kappa shape index (κ1) is 19.8. The molecule has 2 aliphatic rings. The van der Waals surface area contributed by atoms with E-state index in [4.69, 9.17) is 5.73 Å². The number of hydrogen-bond donors (Lipinski definition) is 3. The molecule has 2 amide bonds. The summed E-state index contributed by atoms with van der Waals surface area (Å²) in [6, 6.07) is 3.54. The lowest BCUT2D eigenvalue weighted by molar-refractivity contribution is -0.178. The Balaban J connectivity index is 1.84. The van der Waals surface area contributed by atoms with Crippen LogP contribution in [0.25, 0.3) is 0 Å². The highest BCUT2D eigenvalue weighted by atomic mass is 19.4. The third-order valence-corrected chi connectivity index (χ3v) is 5.00. The van der Waals surface area contributed by atoms with Crippen LogP contribution in [0.1, 0.15) is 24.0 Å². The molecule has 30 heavy (non-hydrogen) atoms. The number of nitrogens with one attached hydrogen (secondary N) is 2. The minimum absolute atomic E-state index is 0.0557. The summed E-state index contributed by atoms with van der Waals surface area (Å²) >= 11 is 0. The van der Waals surface area contributed by atoms with Crippen LogP contribution >= 0.6 is 0 Å². The van der Waals surface area contributed by atoms with Gasteiger partial charge >= 0.3 is 12.2 Å². The maximum Gasteiger partial charge on any atom is 0.427 e. The third-order valence-electron chi connectivity index (χ3n) is 5.00. The molecule has 0 spiro atoms. The number of halogens is 4. The van der Waals surface area contributed by atoms with Gasteiger partial charge in [0.1, 0.15) is 5.82 Å². The molecule has 1 aliphatic carbocycles. The number of alkyl halides is 3. The molecule has 1 aromatic heterocycles. The van der Waals surface area contributed by atoms with Crippen molar-refractivity contribution in [3.05, 3.63) is 57.8 Å². The first-order chi connectivity index (χ1) is 14.1. The normalized spacial score (nSPS) is 20.5. The SMILES string of the molecule is Nc1cccn(Cc2cc3c(cc2F)[C@@](C#CC2CC2)(C(F)(F)F)NC(=O)N3)c1=O. The highest BCUT2D eigenvalue weighted by Gasteiger charge is 2.59. The quantitative estimate of drug-likeness (QED) is 0.516. The number of anilines is 2. The van der Waals surface area contributed by atoms with Crippen LogP contribution in [-0.4, -0.2) is 16.8 Å². The summed E-state index contributed by atoms with van der Waals surface area (Å²) in [5.74, 6) is 3.54. The van der Waals surface area contributed by atoms with Crippen molar-refractivity contribution < 1.29 is 22.4 Å². The van der Waals surface area contributed by atoms with E-state index in [2.05, 4.69) is 17.2 Å². The molecule has 156 valence electrons. The van der Waals surface area contributed by atoms with Crippen LogP contribution in [0.2, 0.25) is 0 Å². The Kier molecular flexibility index (Phi) is 4.49. The number of amides is 2. The number of nitrogens with zero attached hydrogens (tertiary/aromatic N) is 1. The summed E-state index contributed by atoms with van der Waals surface area (Å²) in [6.45, 7) is -0.279. The largest absolute Gasteiger partial charge is 0.427 e. The predicted molar refractivity (Wildman–Crippen MR) is 101 cm³/mol. The van der Waals surface area contributed by atoms with Gasteiger partial charge in [-0.3, -0.25) is 4.79 Å². The summed E-state index contributed by atoms with van der Waals surface area (Å²) < 4.78 is 58.2. The molecule has 1 fully saturated rings. The Labute approximate surface area is 168 Å². The van der Waals surface area contributed by atoms with E-state index in [-0.39, 0.29) is 29.4 Å². The predicted octanol–water partition coefficient (Wildman–Crippen LogP) is 2.92. The van der Waals surface area contributed by atoms with Crippen LogP contribution in [0.5, 0.6) is 0 Å². The van der Waals surface area contributed by atoms with Gasteiger partial charge in [-0.15, -0.1) is 0 Å². The second-order valence-electron chi connectivity index (χ2n) is 7.26. The number of nitrogens with two attached hydrogens (primary N) is 1. The zero-order valence-corrected chi connectivity index (χ0v) is 15.4. The lowest BCUT2D eigenvalue weighted by atomic mass is 9.85. The van der Waals surface area contributed by atoms with Crippen LogP contribution in [0, 0.1) is 23.6 Å². The number of hydrogen-bond acceptors (Lipinski definition) is 3. The van der Waals surface area contributed by atoms with Gasteiger partial charge < -0.3 is 20.9 Å². The number of nitrogen functional groups attached to an aromatic ring is 1. The number of pyridine rings is 1. The van der Waals surface area contributed by atoms with Crippen molar-refractivity contribution in [1.29, 1.82) is 0 Å². The Bertz CT molecular complexity index is 1160. The standard InChI is InChI=1S/C20H16F4N4O2/c21-14-9-13-16(8-12(14)10-28-7-1-2-15(25)17(28)29)26-18(30)27-19(13,20(22,23)24)6-5-11-3-4-11/h1-2,7-9,11H,3-4,10,25H2,(H2,26,27,30)/t19-/m0/s1. The molecule has 10 heteroatoms. The van der Waals surface area contributed by atoms with Gasteiger partial charge in [0, 0.05) is 28.9 Å². The van der Waals surface area contributed by atoms with Gasteiger partial charge in [0.05, 0.1) is 12.2 Å². The number of carbonyl (C=O) groups excluding carboxylic acids is 1. The van der Waals surface area contributed by atoms with Crippen LogP contribution in [0.15, 0.2) is 35.3 Å². The number of urea groups is 1. The Hall–Kier alpha value is -3.48. The van der Waals surface area contributed by atoms with E-state index in [1.165, 1.54) is 18.3 Å². The summed E-state index contributed by atoms with van der Waals surface area (Å²) in [6.07, 6.45) is -2.25. The molecular weight excluding hydrogens is 404 g/mol. The lowest BCUT2D eigenvalue weighted by Gasteiger charge is -2.37. The van der Waals surface area contributed by atoms with Gasteiger partial charge in [-0.1, -0.05) is 11.8 Å². The first-order valence-corrected chi connectivity index (χ1v) is 9.07. The van der Waals surface area contributed by atoms with Crippen molar-refractivity contribution in [1.82, 2.24) is 9.88 Å². The zero-order valence-electron chi connectivity index (χ0n) is 15.4. The van der Waals surface area contributed by atoms with Crippen molar-refractivity contribution >= 4 is 17.4 Å². The van der Waals surface area contributed by atoms with Crippen LogP contribution in [-0.2, 0) is 12.1 Å². The monoisotopic (exact) mass is 420 g/mol. The number of fused-ring (bicyclic) bond motifs is 1. The van der Waals surface area contributed by atoms with Crippen molar-refractivity contribution in [2.75, 3.05) is 11.1 Å². The van der Waals surface area contributed by atoms with Crippen LogP contribution in [0.3, 0.4) is 0 Å². The highest BCUT2D eigenvalue weighted by Crippen LogP contribution is 2.45. The Morgan fingerprint density at radius 2 is 2.00 bits per heavy atom. The molecule has 1 atom stereocenters. The average Bonchev–Trinajstić information content (AvgIpc) is 3.48. The third kappa shape index (κ3) is 3.36. The number of benzene rings is 1. The van der Waals surface area contributed by atoms with E-state index in [1.807, 2.05) is 5.32 Å². The molecular formula is C20H16F4N4O2. The van der Waals surface area contributed by atoms with Gasteiger partial charge in [-0.05, 0) is 37.1 Å². The average molecular weight is 420 g/mol. The van der Waals surface area contributed by atoms with Gasteiger partial charge in [0.15, 0.2) is 0 Å². The second-order valence-corrected chi connectivity index (χ2v) is 7.26. The van der Waals surface area contributed by atoms with Crippen molar-refractivity contribution in [2.45, 2.75) is 31.1 Å². The molecule has 0 radical (unpaired) electrons. The minimum atomic E-state index is -4.99. The maximum absolute atomic E-state index is 14.8. The van der Waals surface area contributed by atoms with E-state index in [0.29, 0.717) is 18.9 Å². The Morgan fingerprint density at radius 1 is 1.27 bits per heavy atom. The molecule has 2 heterocycles. The molecule has 0 unspecified atom stereocenters. The molecule has 4 N–H and O–H groups in total. The molecule has 0 saturated heterocycles. The fraction of sp³-hybridized carbons (Fsp3) is 0.300. The fourth-order valence-electron chi connectivity index (χ4n) is 3.24. The number of aromatic nitrogens is 1. The summed E-state index contributed by atoms with van der Waals surface area (Å²) in [7, 11) is 0. The van der Waals surface area contributed by atoms with Crippen LogP contribution < -0.4 is 21.9 Å². The van der Waals surface area contributed by atoms with Gasteiger partial charge in [0.25, 0.3) is 5.56 Å². The zero-order chi connectivity index (χ0) is 21.7. The van der Waals surface area contributed by atoms with E-state index < -0.39 is 34.7 Å². The smallest absolute Gasteiger partial charge is 0.394 e. The summed E-state index contributed by atoms with van der Waals surface area (Å²) in [5, 5.41) is 4.11. The Morgan fingerprint density at radius 3 is 2.67 bits per heavy atom. The van der Waals surface area contributed by atoms with E-state index >= 15 is 0 Å². The molecule has 0 bridgehead atoms. The topological polar surface area (TPSA) is 89.2 Å². The van der Waals surface area contributed by atoms with Crippen molar-refractivity contribution in [2.24, 2.45) is 5.92 Å². The van der Waals surface area contributed by atoms with Gasteiger partial charge in [0.2, 0.25) is 5.54 Å². The maximum atomic E-state index is 14.8. The lowest BCUT2D eigenvalue weighted by Crippen LogP contribution is -2.59. The van der Waals surface area contributed by atoms with Crippen molar-refractivity contribution in [3.63, 3.8) is 0 Å². The number of carbonyl (C=O) groups is 1. The molecule has 1 aromatic carbocycles.